The van der Waals surface area contributed by atoms with E-state index in [0.717, 1.165) is 13.0 Å². The van der Waals surface area contributed by atoms with Gasteiger partial charge in [0.1, 0.15) is 5.60 Å². The number of alkyl halides is 1. The fourth-order valence-electron chi connectivity index (χ4n) is 3.39. The van der Waals surface area contributed by atoms with Crippen LogP contribution < -0.4 is 0 Å². The van der Waals surface area contributed by atoms with Gasteiger partial charge in [0.15, 0.2) is 0 Å². The number of hydrogen-bond acceptors (Lipinski definition) is 3. The maximum atomic E-state index is 12.3. The number of nitrogens with zero attached hydrogens (tertiary/aromatic N) is 2. The van der Waals surface area contributed by atoms with Crippen molar-refractivity contribution in [3.05, 3.63) is 0 Å². The van der Waals surface area contributed by atoms with E-state index in [9.17, 15) is 9.59 Å². The van der Waals surface area contributed by atoms with Crippen LogP contribution in [0.3, 0.4) is 0 Å². The van der Waals surface area contributed by atoms with E-state index in [1.807, 2.05) is 25.7 Å². The van der Waals surface area contributed by atoms with E-state index in [4.69, 9.17) is 4.74 Å². The molecule has 2 fully saturated rings. The molecule has 22 heavy (non-hydrogen) atoms. The Morgan fingerprint density at radius 3 is 2.45 bits per heavy atom. The topological polar surface area (TPSA) is 49.9 Å². The van der Waals surface area contributed by atoms with Gasteiger partial charge in [-0.2, -0.15) is 0 Å². The molecular formula is C16H27BrN2O3. The second-order valence-corrected chi connectivity index (χ2v) is 9.34. The highest BCUT2D eigenvalue weighted by atomic mass is 79.9. The summed E-state index contributed by atoms with van der Waals surface area (Å²) in [6, 6.07) is 0.182. The molecule has 2 unspecified atom stereocenters. The van der Waals surface area contributed by atoms with Gasteiger partial charge in [0.2, 0.25) is 5.91 Å². The van der Waals surface area contributed by atoms with Gasteiger partial charge in [0.05, 0.1) is 0 Å². The third-order valence-electron chi connectivity index (χ3n) is 4.31. The van der Waals surface area contributed by atoms with Crippen LogP contribution >= 0.6 is 15.9 Å². The Balaban J connectivity index is 2.03. The van der Waals surface area contributed by atoms with E-state index in [0.29, 0.717) is 19.5 Å². The third kappa shape index (κ3) is 3.94. The van der Waals surface area contributed by atoms with E-state index < -0.39 is 5.60 Å². The first kappa shape index (κ1) is 17.6. The summed E-state index contributed by atoms with van der Waals surface area (Å²) >= 11 is 3.54. The van der Waals surface area contributed by atoms with Gasteiger partial charge in [-0.15, -0.1) is 0 Å². The van der Waals surface area contributed by atoms with Crippen molar-refractivity contribution in [1.29, 1.82) is 0 Å². The molecule has 2 aliphatic rings. The van der Waals surface area contributed by atoms with Crippen LogP contribution in [-0.4, -0.2) is 57.9 Å². The summed E-state index contributed by atoms with van der Waals surface area (Å²) in [4.78, 5) is 28.4. The number of rotatable bonds is 1. The molecule has 2 aliphatic heterocycles. The molecule has 2 rings (SSSR count). The van der Waals surface area contributed by atoms with Crippen molar-refractivity contribution in [3.63, 3.8) is 0 Å². The van der Waals surface area contributed by atoms with Crippen LogP contribution in [-0.2, 0) is 9.53 Å². The number of likely N-dealkylation sites (tertiary alicyclic amines) is 2. The minimum Gasteiger partial charge on any atom is -0.444 e. The lowest BCUT2D eigenvalue weighted by molar-refractivity contribution is -0.133. The van der Waals surface area contributed by atoms with Crippen LogP contribution in [0.5, 0.6) is 0 Å². The fraction of sp³-hybridized carbons (Fsp3) is 0.875. The summed E-state index contributed by atoms with van der Waals surface area (Å²) < 4.78 is 5.47. The maximum Gasteiger partial charge on any atom is 0.410 e. The highest BCUT2D eigenvalue weighted by molar-refractivity contribution is 9.09. The van der Waals surface area contributed by atoms with E-state index in [1.165, 1.54) is 0 Å². The molecule has 0 N–H and O–H groups in total. The molecule has 0 bridgehead atoms. The predicted octanol–water partition coefficient (Wildman–Crippen LogP) is 3.02. The van der Waals surface area contributed by atoms with Crippen LogP contribution in [0.4, 0.5) is 4.79 Å². The Bertz CT molecular complexity index is 459. The Kier molecular flexibility index (Phi) is 4.81. The summed E-state index contributed by atoms with van der Waals surface area (Å²) in [6.07, 6.45) is 1.12. The zero-order valence-corrected chi connectivity index (χ0v) is 15.8. The smallest absolute Gasteiger partial charge is 0.410 e. The minimum absolute atomic E-state index is 0.137. The van der Waals surface area contributed by atoms with Crippen molar-refractivity contribution in [1.82, 2.24) is 9.80 Å². The Labute approximate surface area is 141 Å². The molecule has 6 heteroatoms. The number of carbonyl (C=O) groups is 2. The zero-order chi connectivity index (χ0) is 16.7. The van der Waals surface area contributed by atoms with Crippen LogP contribution in [0.1, 0.15) is 47.5 Å². The molecule has 0 saturated carbocycles. The second kappa shape index (κ2) is 6.02. The molecule has 0 spiro atoms. The van der Waals surface area contributed by atoms with Gasteiger partial charge in [-0.05, 0) is 27.2 Å². The summed E-state index contributed by atoms with van der Waals surface area (Å²) in [5, 5.41) is 0. The third-order valence-corrected chi connectivity index (χ3v) is 4.93. The van der Waals surface area contributed by atoms with Gasteiger partial charge >= 0.3 is 6.09 Å². The summed E-state index contributed by atoms with van der Waals surface area (Å²) in [6.45, 7) is 11.9. The Morgan fingerprint density at radius 2 is 2.00 bits per heavy atom. The average Bonchev–Trinajstić information content (AvgIpc) is 2.64. The van der Waals surface area contributed by atoms with E-state index in [-0.39, 0.29) is 28.3 Å². The lowest BCUT2D eigenvalue weighted by atomic mass is 9.78. The highest BCUT2D eigenvalue weighted by Gasteiger charge is 2.45. The molecule has 2 atom stereocenters. The second-order valence-electron chi connectivity index (χ2n) is 8.04. The molecule has 5 nitrogen and oxygen atoms in total. The lowest BCUT2D eigenvalue weighted by Crippen LogP contribution is -2.57. The van der Waals surface area contributed by atoms with Crippen molar-refractivity contribution in [3.8, 4) is 0 Å². The molecule has 0 aromatic heterocycles. The number of piperidine rings is 1. The molecule has 2 saturated heterocycles. The lowest BCUT2D eigenvalue weighted by Gasteiger charge is -2.47. The van der Waals surface area contributed by atoms with Gasteiger partial charge in [-0.25, -0.2) is 4.79 Å². The largest absolute Gasteiger partial charge is 0.444 e. The molecule has 2 amide bonds. The molecule has 2 heterocycles. The number of amides is 2. The number of ether oxygens (including phenoxy) is 1. The normalized spacial score (nSPS) is 28.9. The standard InChI is InChI=1S/C16H27BrN2O3/c1-15(2,3)22-14(21)18-7-6-12(16(4,5)10-18)19-9-11(17)8-13(19)20/h11-12H,6-10H2,1-5H3. The minimum atomic E-state index is -0.480. The Morgan fingerprint density at radius 1 is 1.36 bits per heavy atom. The summed E-state index contributed by atoms with van der Waals surface area (Å²) in [5.41, 5.74) is -0.617. The Hall–Kier alpha value is -0.780. The average molecular weight is 375 g/mol. The van der Waals surface area contributed by atoms with Gasteiger partial charge in [0.25, 0.3) is 0 Å². The molecule has 0 aliphatic carbocycles. The quantitative estimate of drug-likeness (QED) is 0.662. The van der Waals surface area contributed by atoms with Crippen LogP contribution in [0.2, 0.25) is 0 Å². The molecule has 0 aromatic rings. The van der Waals surface area contributed by atoms with Crippen LogP contribution in [0.25, 0.3) is 0 Å². The molecule has 0 radical (unpaired) electrons. The van der Waals surface area contributed by atoms with Crippen molar-refractivity contribution in [2.75, 3.05) is 19.6 Å². The van der Waals surface area contributed by atoms with Crippen LogP contribution in [0, 0.1) is 5.41 Å². The molecular weight excluding hydrogens is 348 g/mol. The number of halogens is 1. The zero-order valence-electron chi connectivity index (χ0n) is 14.2. The highest BCUT2D eigenvalue weighted by Crippen LogP contribution is 2.36. The first-order valence-electron chi connectivity index (χ1n) is 7.91. The van der Waals surface area contributed by atoms with Crippen LogP contribution in [0.15, 0.2) is 0 Å². The van der Waals surface area contributed by atoms with Crippen molar-refractivity contribution in [2.45, 2.75) is 63.9 Å². The van der Waals surface area contributed by atoms with E-state index in [2.05, 4.69) is 29.8 Å². The van der Waals surface area contributed by atoms with Gasteiger partial charge in [-0.1, -0.05) is 29.8 Å². The van der Waals surface area contributed by atoms with Crippen molar-refractivity contribution >= 4 is 27.9 Å². The van der Waals surface area contributed by atoms with Gasteiger partial charge < -0.3 is 14.5 Å². The van der Waals surface area contributed by atoms with Gasteiger partial charge in [-0.3, -0.25) is 4.79 Å². The molecule has 126 valence electrons. The summed E-state index contributed by atoms with van der Waals surface area (Å²) in [5.74, 6) is 0.214. The number of hydrogen-bond donors (Lipinski definition) is 0. The van der Waals surface area contributed by atoms with Gasteiger partial charge in [0, 0.05) is 42.3 Å². The first-order valence-corrected chi connectivity index (χ1v) is 8.83. The van der Waals surface area contributed by atoms with E-state index in [1.54, 1.807) is 4.90 Å². The fourth-order valence-corrected chi connectivity index (χ4v) is 3.98. The first-order chi connectivity index (χ1) is 9.99. The summed E-state index contributed by atoms with van der Waals surface area (Å²) in [7, 11) is 0. The molecule has 0 aromatic carbocycles. The number of carbonyl (C=O) groups excluding carboxylic acids is 2. The maximum absolute atomic E-state index is 12.3. The monoisotopic (exact) mass is 374 g/mol. The van der Waals surface area contributed by atoms with Crippen molar-refractivity contribution in [2.24, 2.45) is 5.41 Å². The SMILES string of the molecule is CC(C)(C)OC(=O)N1CCC(N2CC(Br)CC2=O)C(C)(C)C1. The predicted molar refractivity (Wildman–Crippen MR) is 89.0 cm³/mol. The van der Waals surface area contributed by atoms with E-state index >= 15 is 0 Å². The van der Waals surface area contributed by atoms with Crippen molar-refractivity contribution < 1.29 is 14.3 Å².